The van der Waals surface area contributed by atoms with Gasteiger partial charge in [-0.25, -0.2) is 4.79 Å². The van der Waals surface area contributed by atoms with Gasteiger partial charge in [0.2, 0.25) is 0 Å². The Morgan fingerprint density at radius 2 is 1.79 bits per heavy atom. The third-order valence-corrected chi connectivity index (χ3v) is 10.5. The fraction of sp³-hybridized carbons (Fsp3) is 0.438. The maximum absolute atomic E-state index is 13.4. The monoisotopic (exact) mass is 545 g/mol. The number of hydrogen-bond acceptors (Lipinski definition) is 6. The van der Waals surface area contributed by atoms with Gasteiger partial charge in [-0.3, -0.25) is 4.79 Å². The molecular weight excluding hydrogens is 510 g/mol. The molecule has 1 amide bonds. The maximum Gasteiger partial charge on any atom is 0.341 e. The van der Waals surface area contributed by atoms with E-state index in [9.17, 15) is 9.59 Å². The Hall–Kier alpha value is -3.32. The number of thiophene rings is 1. The molecule has 6 rings (SSSR count). The number of nitrogens with one attached hydrogen (secondary N) is 1. The summed E-state index contributed by atoms with van der Waals surface area (Å²) < 4.78 is 16.3. The molecule has 0 saturated heterocycles. The molecule has 1 fully saturated rings. The molecule has 1 heterocycles. The van der Waals surface area contributed by atoms with Crippen molar-refractivity contribution < 1.29 is 23.8 Å². The first-order chi connectivity index (χ1) is 18.9. The topological polar surface area (TPSA) is 73.9 Å². The number of esters is 1. The van der Waals surface area contributed by atoms with Crippen LogP contribution in [0.15, 0.2) is 42.5 Å². The molecule has 3 aliphatic rings. The van der Waals surface area contributed by atoms with E-state index >= 15 is 0 Å². The number of hydrogen-bond donors (Lipinski definition) is 1. The summed E-state index contributed by atoms with van der Waals surface area (Å²) in [4.78, 5) is 27.8. The van der Waals surface area contributed by atoms with E-state index in [1.54, 1.807) is 49.8 Å². The summed E-state index contributed by atoms with van der Waals surface area (Å²) in [7, 11) is 3.32. The number of carbonyl (C=O) groups is 2. The van der Waals surface area contributed by atoms with Crippen molar-refractivity contribution in [2.75, 3.05) is 26.1 Å². The summed E-state index contributed by atoms with van der Waals surface area (Å²) in [5.41, 5.74) is 4.96. The van der Waals surface area contributed by atoms with Crippen LogP contribution < -0.4 is 14.8 Å². The van der Waals surface area contributed by atoms with Crippen molar-refractivity contribution in [1.29, 1.82) is 0 Å². The molecule has 1 saturated carbocycles. The van der Waals surface area contributed by atoms with Crippen LogP contribution >= 0.6 is 11.3 Å². The smallest absolute Gasteiger partial charge is 0.341 e. The van der Waals surface area contributed by atoms with Crippen molar-refractivity contribution in [3.63, 3.8) is 0 Å². The average Bonchev–Trinajstić information content (AvgIpc) is 3.46. The highest BCUT2D eigenvalue weighted by molar-refractivity contribution is 7.17. The number of aryl methyl sites for hydroxylation is 1. The van der Waals surface area contributed by atoms with Crippen molar-refractivity contribution in [2.24, 2.45) is 11.8 Å². The number of ether oxygens (including phenoxy) is 3. The molecule has 1 N–H and O–H groups in total. The lowest BCUT2D eigenvalue weighted by Crippen LogP contribution is -2.43. The molecule has 3 aliphatic carbocycles. The number of anilines is 1. The molecule has 0 radical (unpaired) electrons. The number of carbonyl (C=O) groups excluding carboxylic acids is 2. The molecule has 0 aliphatic heterocycles. The van der Waals surface area contributed by atoms with E-state index in [0.717, 1.165) is 43.4 Å². The number of amides is 1. The predicted octanol–water partition coefficient (Wildman–Crippen LogP) is 6.76. The van der Waals surface area contributed by atoms with Crippen molar-refractivity contribution in [3.8, 4) is 11.5 Å². The largest absolute Gasteiger partial charge is 0.497 e. The second-order valence-corrected chi connectivity index (χ2v) is 12.3. The van der Waals surface area contributed by atoms with Crippen molar-refractivity contribution in [1.82, 2.24) is 0 Å². The first-order valence-corrected chi connectivity index (χ1v) is 14.6. The maximum atomic E-state index is 13.4. The van der Waals surface area contributed by atoms with Gasteiger partial charge >= 0.3 is 5.97 Å². The fourth-order valence-electron chi connectivity index (χ4n) is 7.52. The van der Waals surface area contributed by atoms with Gasteiger partial charge in [-0.1, -0.05) is 13.0 Å². The molecule has 4 atom stereocenters. The van der Waals surface area contributed by atoms with Crippen molar-refractivity contribution >= 4 is 28.2 Å². The van der Waals surface area contributed by atoms with E-state index in [1.807, 2.05) is 6.92 Å². The van der Waals surface area contributed by atoms with E-state index in [1.165, 1.54) is 16.0 Å². The molecule has 204 valence electrons. The fourth-order valence-corrected chi connectivity index (χ4v) is 8.90. The molecule has 6 nitrogen and oxygen atoms in total. The summed E-state index contributed by atoms with van der Waals surface area (Å²) in [5, 5.41) is 3.65. The van der Waals surface area contributed by atoms with Crippen LogP contribution in [0.4, 0.5) is 5.00 Å². The lowest BCUT2D eigenvalue weighted by Gasteiger charge is -2.49. The van der Waals surface area contributed by atoms with Crippen molar-refractivity contribution in [2.45, 2.75) is 57.3 Å². The number of rotatable bonds is 6. The number of benzene rings is 2. The minimum Gasteiger partial charge on any atom is -0.497 e. The van der Waals surface area contributed by atoms with Gasteiger partial charge in [0.15, 0.2) is 0 Å². The zero-order valence-electron chi connectivity index (χ0n) is 23.0. The van der Waals surface area contributed by atoms with Crippen LogP contribution in [0, 0.1) is 11.8 Å². The third kappa shape index (κ3) is 4.22. The minimum atomic E-state index is -0.342. The zero-order valence-corrected chi connectivity index (χ0v) is 23.8. The summed E-state index contributed by atoms with van der Waals surface area (Å²) in [6, 6.07) is 13.6. The van der Waals surface area contributed by atoms with Gasteiger partial charge in [-0.15, -0.1) is 11.3 Å². The lowest BCUT2D eigenvalue weighted by atomic mass is 9.54. The summed E-state index contributed by atoms with van der Waals surface area (Å²) in [6.45, 7) is 4.46. The van der Waals surface area contributed by atoms with Gasteiger partial charge in [-0.05, 0) is 115 Å². The molecule has 7 heteroatoms. The Bertz CT molecular complexity index is 1430. The highest BCUT2D eigenvalue weighted by Crippen LogP contribution is 2.63. The molecule has 39 heavy (non-hydrogen) atoms. The SMILES string of the molecule is CCOC(=O)c1c(NC(=O)c2ccc(OC)cc2)sc2c1[C@]1(C)CC[C@@H]3c4ccc(OC)cc4CC[C@@H]3[C@H]1C2. The van der Waals surface area contributed by atoms with Gasteiger partial charge in [0.25, 0.3) is 5.91 Å². The zero-order chi connectivity index (χ0) is 27.3. The van der Waals surface area contributed by atoms with Crippen LogP contribution in [-0.2, 0) is 23.0 Å². The molecule has 0 bridgehead atoms. The quantitative estimate of drug-likeness (QED) is 0.346. The van der Waals surface area contributed by atoms with E-state index in [4.69, 9.17) is 14.2 Å². The molecule has 1 aromatic heterocycles. The third-order valence-electron chi connectivity index (χ3n) is 9.34. The lowest BCUT2D eigenvalue weighted by molar-refractivity contribution is 0.0519. The first-order valence-electron chi connectivity index (χ1n) is 13.8. The van der Waals surface area contributed by atoms with E-state index in [0.29, 0.717) is 46.2 Å². The Kier molecular flexibility index (Phi) is 6.66. The Morgan fingerprint density at radius 1 is 1.05 bits per heavy atom. The van der Waals surface area contributed by atoms with E-state index in [-0.39, 0.29) is 17.3 Å². The van der Waals surface area contributed by atoms with Gasteiger partial charge in [0.1, 0.15) is 16.5 Å². The molecule has 2 aromatic carbocycles. The van der Waals surface area contributed by atoms with Gasteiger partial charge in [0.05, 0.1) is 26.4 Å². The molecule has 0 spiro atoms. The molecule has 3 aromatic rings. The molecule has 0 unspecified atom stereocenters. The highest BCUT2D eigenvalue weighted by atomic mass is 32.1. The summed E-state index contributed by atoms with van der Waals surface area (Å²) in [5.74, 6) is 2.60. The van der Waals surface area contributed by atoms with Gasteiger partial charge < -0.3 is 19.5 Å². The van der Waals surface area contributed by atoms with Crippen molar-refractivity contribution in [3.05, 3.63) is 75.2 Å². The second-order valence-electron chi connectivity index (χ2n) is 11.1. The van der Waals surface area contributed by atoms with Crippen LogP contribution in [-0.4, -0.2) is 32.7 Å². The van der Waals surface area contributed by atoms with E-state index in [2.05, 4.69) is 30.4 Å². The highest BCUT2D eigenvalue weighted by Gasteiger charge is 2.55. The number of methoxy groups -OCH3 is 2. The Balaban J connectivity index is 1.33. The normalized spacial score (nSPS) is 24.6. The van der Waals surface area contributed by atoms with Crippen LogP contribution in [0.25, 0.3) is 0 Å². The number of fused-ring (bicyclic) bond motifs is 7. The average molecular weight is 546 g/mol. The Morgan fingerprint density at radius 3 is 2.51 bits per heavy atom. The van der Waals surface area contributed by atoms with Gasteiger partial charge in [-0.2, -0.15) is 0 Å². The predicted molar refractivity (Wildman–Crippen MR) is 153 cm³/mol. The van der Waals surface area contributed by atoms with Crippen LogP contribution in [0.3, 0.4) is 0 Å². The van der Waals surface area contributed by atoms with Gasteiger partial charge in [0, 0.05) is 10.4 Å². The second kappa shape index (κ2) is 10.0. The summed E-state index contributed by atoms with van der Waals surface area (Å²) >= 11 is 1.55. The minimum absolute atomic E-state index is 0.123. The molecular formula is C32H35NO5S. The first kappa shape index (κ1) is 25.9. The van der Waals surface area contributed by atoms with E-state index < -0.39 is 0 Å². The summed E-state index contributed by atoms with van der Waals surface area (Å²) in [6.07, 6.45) is 5.24. The van der Waals surface area contributed by atoms with Crippen LogP contribution in [0.2, 0.25) is 0 Å². The van der Waals surface area contributed by atoms with Crippen LogP contribution in [0.5, 0.6) is 11.5 Å². The Labute approximate surface area is 233 Å². The van der Waals surface area contributed by atoms with Crippen LogP contribution in [0.1, 0.15) is 81.3 Å². The standard InChI is InChI=1S/C32H35NO5S/c1-5-38-31(35)27-28-26(39-30(27)33-29(34)18-6-9-20(36-3)10-7-18)17-25-24-12-8-19-16-21(37-4)11-13-22(19)23(24)14-15-32(25,28)2/h6-7,9-11,13,16,23-25H,5,8,12,14-15,17H2,1-4H3,(H,33,34)/t23-,24+,25-,32-/m1/s1.